The Morgan fingerprint density at radius 1 is 1.14 bits per heavy atom. The zero-order valence-electron chi connectivity index (χ0n) is 15.9. The van der Waals surface area contributed by atoms with Crippen molar-refractivity contribution in [2.45, 2.75) is 18.7 Å². The molecule has 2 aromatic carbocycles. The van der Waals surface area contributed by atoms with Crippen molar-refractivity contribution in [3.63, 3.8) is 0 Å². The normalized spacial score (nSPS) is 11.3. The van der Waals surface area contributed by atoms with Crippen LogP contribution in [0.3, 0.4) is 0 Å². The molecule has 152 valence electrons. The molecule has 0 bridgehead atoms. The highest BCUT2D eigenvalue weighted by Crippen LogP contribution is 2.27. The highest BCUT2D eigenvalue weighted by Gasteiger charge is 2.14. The lowest BCUT2D eigenvalue weighted by molar-refractivity contribution is -0.118. The average Bonchev–Trinajstić information content (AvgIpc) is 2.65. The molecule has 0 radical (unpaired) electrons. The Balaban J connectivity index is 1.94. The van der Waals surface area contributed by atoms with Gasteiger partial charge in [0.05, 0.1) is 17.7 Å². The van der Waals surface area contributed by atoms with Gasteiger partial charge in [0.2, 0.25) is 10.0 Å². The number of rotatable bonds is 9. The number of halogens is 1. The Labute approximate surface area is 170 Å². The van der Waals surface area contributed by atoms with E-state index < -0.39 is 15.9 Å². The topological polar surface area (TPSA) is 93.7 Å². The van der Waals surface area contributed by atoms with Crippen LogP contribution in [0.25, 0.3) is 0 Å². The lowest BCUT2D eigenvalue weighted by Crippen LogP contribution is -2.27. The van der Waals surface area contributed by atoms with E-state index in [1.807, 2.05) is 13.8 Å². The molecule has 0 unspecified atom stereocenters. The highest BCUT2D eigenvalue weighted by molar-refractivity contribution is 7.89. The maximum atomic E-state index is 12.2. The van der Waals surface area contributed by atoms with Crippen LogP contribution in [-0.4, -0.2) is 34.6 Å². The van der Waals surface area contributed by atoms with Crippen molar-refractivity contribution >= 4 is 33.2 Å². The van der Waals surface area contributed by atoms with Crippen LogP contribution < -0.4 is 19.5 Å². The lowest BCUT2D eigenvalue weighted by Gasteiger charge is -2.12. The van der Waals surface area contributed by atoms with Crippen molar-refractivity contribution < 1.29 is 22.7 Å². The maximum absolute atomic E-state index is 12.2. The van der Waals surface area contributed by atoms with Crippen molar-refractivity contribution in [1.29, 1.82) is 0 Å². The molecule has 2 N–H and O–H groups in total. The molecule has 2 aromatic rings. The minimum absolute atomic E-state index is 0.133. The molecular formula is C19H23ClN2O5S. The molecule has 0 aliphatic rings. The van der Waals surface area contributed by atoms with Gasteiger partial charge in [0, 0.05) is 11.6 Å². The Bertz CT molecular complexity index is 914. The number of ether oxygens (including phenoxy) is 2. The van der Waals surface area contributed by atoms with Crippen LogP contribution in [0.15, 0.2) is 47.4 Å². The largest absolute Gasteiger partial charge is 0.495 e. The molecule has 1 amide bonds. The van der Waals surface area contributed by atoms with Crippen molar-refractivity contribution in [3.8, 4) is 11.5 Å². The summed E-state index contributed by atoms with van der Waals surface area (Å²) in [5.74, 6) is 0.641. The van der Waals surface area contributed by atoms with Crippen LogP contribution in [-0.2, 0) is 14.8 Å². The monoisotopic (exact) mass is 426 g/mol. The van der Waals surface area contributed by atoms with Crippen LogP contribution in [0.4, 0.5) is 5.69 Å². The van der Waals surface area contributed by atoms with Crippen LogP contribution >= 0.6 is 11.6 Å². The minimum Gasteiger partial charge on any atom is -0.495 e. The van der Waals surface area contributed by atoms with Crippen LogP contribution in [0, 0.1) is 5.92 Å². The molecule has 2 rings (SSSR count). The van der Waals surface area contributed by atoms with E-state index >= 15 is 0 Å². The molecular weight excluding hydrogens is 404 g/mol. The van der Waals surface area contributed by atoms with E-state index in [0.717, 1.165) is 0 Å². The fourth-order valence-electron chi connectivity index (χ4n) is 2.19. The quantitative estimate of drug-likeness (QED) is 0.641. The summed E-state index contributed by atoms with van der Waals surface area (Å²) in [5.41, 5.74) is 0.432. The Morgan fingerprint density at radius 3 is 2.43 bits per heavy atom. The number of carbonyl (C=O) groups is 1. The second kappa shape index (κ2) is 9.77. The van der Waals surface area contributed by atoms with Crippen molar-refractivity contribution in [1.82, 2.24) is 4.72 Å². The molecule has 0 aliphatic carbocycles. The van der Waals surface area contributed by atoms with Gasteiger partial charge >= 0.3 is 0 Å². The summed E-state index contributed by atoms with van der Waals surface area (Å²) in [4.78, 5) is 12.2. The summed E-state index contributed by atoms with van der Waals surface area (Å²) in [6, 6.07) is 10.7. The minimum atomic E-state index is -3.57. The molecule has 0 aliphatic heterocycles. The predicted octanol–water partition coefficient (Wildman–Crippen LogP) is 3.30. The third-order valence-electron chi connectivity index (χ3n) is 3.62. The van der Waals surface area contributed by atoms with Crippen molar-refractivity contribution in [2.75, 3.05) is 25.6 Å². The smallest absolute Gasteiger partial charge is 0.262 e. The number of carbonyl (C=O) groups excluding carboxylic acids is 1. The maximum Gasteiger partial charge on any atom is 0.262 e. The summed E-state index contributed by atoms with van der Waals surface area (Å²) < 4.78 is 37.4. The first kappa shape index (κ1) is 22.0. The van der Waals surface area contributed by atoms with Gasteiger partial charge in [0.15, 0.2) is 6.61 Å². The highest BCUT2D eigenvalue weighted by atomic mass is 35.5. The number of amides is 1. The van der Waals surface area contributed by atoms with Crippen LogP contribution in [0.2, 0.25) is 5.02 Å². The summed E-state index contributed by atoms with van der Waals surface area (Å²) >= 11 is 5.93. The standard InChI is InChI=1S/C19H23ClN2O5S/c1-13(2)11-21-28(24,25)16-7-5-15(6-8-16)27-12-19(23)22-17-10-14(20)4-9-18(17)26-3/h4-10,13,21H,11-12H2,1-3H3,(H,22,23). The Morgan fingerprint density at radius 2 is 1.82 bits per heavy atom. The summed E-state index contributed by atoms with van der Waals surface area (Å²) in [6.07, 6.45) is 0. The molecule has 28 heavy (non-hydrogen) atoms. The first-order valence-electron chi connectivity index (χ1n) is 8.57. The summed E-state index contributed by atoms with van der Waals surface area (Å²) in [7, 11) is -2.08. The van der Waals surface area contributed by atoms with E-state index in [9.17, 15) is 13.2 Å². The van der Waals surface area contributed by atoms with Gasteiger partial charge in [-0.1, -0.05) is 25.4 Å². The molecule has 0 fully saturated rings. The van der Waals surface area contributed by atoms with Gasteiger partial charge in [0.1, 0.15) is 11.5 Å². The molecule has 0 heterocycles. The molecule has 7 nitrogen and oxygen atoms in total. The predicted molar refractivity (Wildman–Crippen MR) is 109 cm³/mol. The second-order valence-corrected chi connectivity index (χ2v) is 8.60. The first-order chi connectivity index (χ1) is 13.2. The van der Waals surface area contributed by atoms with E-state index in [0.29, 0.717) is 28.8 Å². The number of benzene rings is 2. The zero-order valence-corrected chi connectivity index (χ0v) is 17.4. The fourth-order valence-corrected chi connectivity index (χ4v) is 3.57. The van der Waals surface area contributed by atoms with E-state index in [2.05, 4.69) is 10.0 Å². The van der Waals surface area contributed by atoms with Gasteiger partial charge in [0.25, 0.3) is 5.91 Å². The summed E-state index contributed by atoms with van der Waals surface area (Å²) in [6.45, 7) is 3.94. The van der Waals surface area contributed by atoms with Crippen LogP contribution in [0.1, 0.15) is 13.8 Å². The molecule has 0 aromatic heterocycles. The van der Waals surface area contributed by atoms with E-state index in [-0.39, 0.29) is 17.4 Å². The number of anilines is 1. The van der Waals surface area contributed by atoms with Gasteiger partial charge in [-0.25, -0.2) is 13.1 Å². The van der Waals surface area contributed by atoms with Crippen LogP contribution in [0.5, 0.6) is 11.5 Å². The average molecular weight is 427 g/mol. The first-order valence-corrected chi connectivity index (χ1v) is 10.4. The second-order valence-electron chi connectivity index (χ2n) is 6.40. The van der Waals surface area contributed by atoms with Crippen molar-refractivity contribution in [2.24, 2.45) is 5.92 Å². The van der Waals surface area contributed by atoms with Gasteiger partial charge in [-0.05, 0) is 48.4 Å². The Hall–Kier alpha value is -2.29. The zero-order chi connectivity index (χ0) is 20.7. The number of methoxy groups -OCH3 is 1. The van der Waals surface area contributed by atoms with E-state index in [4.69, 9.17) is 21.1 Å². The van der Waals surface area contributed by atoms with Gasteiger partial charge in [-0.15, -0.1) is 0 Å². The number of sulfonamides is 1. The number of hydrogen-bond acceptors (Lipinski definition) is 5. The summed E-state index contributed by atoms with van der Waals surface area (Å²) in [5, 5.41) is 3.11. The van der Waals surface area contributed by atoms with E-state index in [1.54, 1.807) is 18.2 Å². The molecule has 0 atom stereocenters. The molecule has 0 saturated heterocycles. The van der Waals surface area contributed by atoms with Crippen molar-refractivity contribution in [3.05, 3.63) is 47.5 Å². The molecule has 0 spiro atoms. The fraction of sp³-hybridized carbons (Fsp3) is 0.316. The van der Waals surface area contributed by atoms with Gasteiger partial charge in [-0.3, -0.25) is 4.79 Å². The molecule has 0 saturated carbocycles. The lowest BCUT2D eigenvalue weighted by atomic mass is 10.2. The third-order valence-corrected chi connectivity index (χ3v) is 5.30. The third kappa shape index (κ3) is 6.40. The number of nitrogens with one attached hydrogen (secondary N) is 2. The SMILES string of the molecule is COc1ccc(Cl)cc1NC(=O)COc1ccc(S(=O)(=O)NCC(C)C)cc1. The van der Waals surface area contributed by atoms with Gasteiger partial charge < -0.3 is 14.8 Å². The number of hydrogen-bond donors (Lipinski definition) is 2. The Kier molecular flexibility index (Phi) is 7.68. The van der Waals surface area contributed by atoms with Gasteiger partial charge in [-0.2, -0.15) is 0 Å². The molecule has 9 heteroatoms. The van der Waals surface area contributed by atoms with E-state index in [1.165, 1.54) is 31.4 Å².